The molecule has 35 heavy (non-hydrogen) atoms. The second-order valence-corrected chi connectivity index (χ2v) is 8.75. The molecule has 5 rings (SSSR count). The number of benzene rings is 2. The number of nitrogens with zero attached hydrogens (tertiary/aromatic N) is 4. The topological polar surface area (TPSA) is 86.2 Å². The van der Waals surface area contributed by atoms with Crippen molar-refractivity contribution in [2.75, 3.05) is 23.3 Å². The minimum Gasteiger partial charge on any atom is -0.508 e. The molecule has 1 aliphatic rings. The average Bonchev–Trinajstić information content (AvgIpc) is 2.92. The van der Waals surface area contributed by atoms with Gasteiger partial charge in [0.25, 0.3) is 0 Å². The predicted octanol–water partition coefficient (Wildman–Crippen LogP) is 4.61. The molecule has 2 aromatic carbocycles. The summed E-state index contributed by atoms with van der Waals surface area (Å²) in [6.45, 7) is 3.24. The van der Waals surface area contributed by atoms with Crippen LogP contribution >= 0.6 is 0 Å². The minimum atomic E-state index is 0.224. The third-order valence-corrected chi connectivity index (χ3v) is 6.30. The van der Waals surface area contributed by atoms with E-state index in [1.54, 1.807) is 18.3 Å². The zero-order chi connectivity index (χ0) is 23.9. The van der Waals surface area contributed by atoms with E-state index in [9.17, 15) is 5.11 Å². The van der Waals surface area contributed by atoms with Gasteiger partial charge in [0.15, 0.2) is 0 Å². The van der Waals surface area contributed by atoms with Crippen molar-refractivity contribution >= 4 is 11.8 Å². The van der Waals surface area contributed by atoms with E-state index in [0.29, 0.717) is 18.5 Å². The van der Waals surface area contributed by atoms with Crippen molar-refractivity contribution in [1.29, 1.82) is 0 Å². The van der Waals surface area contributed by atoms with Crippen LogP contribution < -0.4 is 15.5 Å². The Bertz CT molecular complexity index is 1230. The fraction of sp³-hybridized carbons (Fsp3) is 0.250. The summed E-state index contributed by atoms with van der Waals surface area (Å²) in [4.78, 5) is 16.5. The molecule has 0 saturated carbocycles. The zero-order valence-corrected chi connectivity index (χ0v) is 19.6. The van der Waals surface area contributed by atoms with Gasteiger partial charge >= 0.3 is 0 Å². The maximum Gasteiger partial charge on any atom is 0.224 e. The number of phenols is 1. The summed E-state index contributed by atoms with van der Waals surface area (Å²) in [5.41, 5.74) is 3.95. The Morgan fingerprint density at radius 1 is 0.943 bits per heavy atom. The Kier molecular flexibility index (Phi) is 7.15. The number of hydrogen-bond donors (Lipinski definition) is 3. The number of anilines is 2. The average molecular weight is 467 g/mol. The molecule has 0 unspecified atom stereocenters. The van der Waals surface area contributed by atoms with Crippen molar-refractivity contribution in [3.8, 4) is 16.9 Å². The zero-order valence-electron chi connectivity index (χ0n) is 19.6. The molecule has 1 aliphatic heterocycles. The lowest BCUT2D eigenvalue weighted by Crippen LogP contribution is -2.43. The first-order valence-corrected chi connectivity index (χ1v) is 12.1. The van der Waals surface area contributed by atoms with Crippen LogP contribution in [-0.2, 0) is 13.1 Å². The number of aromatic nitrogens is 3. The molecule has 3 N–H and O–H groups in total. The van der Waals surface area contributed by atoms with E-state index in [-0.39, 0.29) is 5.75 Å². The van der Waals surface area contributed by atoms with Gasteiger partial charge in [-0.1, -0.05) is 48.5 Å². The number of piperidine rings is 1. The van der Waals surface area contributed by atoms with Crippen LogP contribution in [0.3, 0.4) is 0 Å². The van der Waals surface area contributed by atoms with Crippen LogP contribution in [0, 0.1) is 0 Å². The molecule has 178 valence electrons. The predicted molar refractivity (Wildman–Crippen MR) is 139 cm³/mol. The monoisotopic (exact) mass is 466 g/mol. The Morgan fingerprint density at radius 2 is 1.77 bits per heavy atom. The highest BCUT2D eigenvalue weighted by Crippen LogP contribution is 2.34. The summed E-state index contributed by atoms with van der Waals surface area (Å²) in [5, 5.41) is 17.0. The summed E-state index contributed by atoms with van der Waals surface area (Å²) in [5.74, 6) is 1.65. The number of rotatable bonds is 8. The van der Waals surface area contributed by atoms with Crippen molar-refractivity contribution in [2.24, 2.45) is 0 Å². The SMILES string of the molecule is Oc1cccc(-c2cnc(NCc3ccccn3)nc2N(Cc2ccccc2)C2CCNCC2)c1. The first-order chi connectivity index (χ1) is 17.3. The molecule has 1 saturated heterocycles. The van der Waals surface area contributed by atoms with Gasteiger partial charge in [-0.2, -0.15) is 4.98 Å². The maximum atomic E-state index is 10.2. The number of nitrogens with one attached hydrogen (secondary N) is 2. The minimum absolute atomic E-state index is 0.224. The summed E-state index contributed by atoms with van der Waals surface area (Å²) in [6, 6.07) is 24.0. The summed E-state index contributed by atoms with van der Waals surface area (Å²) in [7, 11) is 0. The first kappa shape index (κ1) is 22.8. The van der Waals surface area contributed by atoms with Crippen molar-refractivity contribution in [3.05, 3.63) is 96.4 Å². The van der Waals surface area contributed by atoms with E-state index < -0.39 is 0 Å². The second kappa shape index (κ2) is 11.0. The van der Waals surface area contributed by atoms with Crippen molar-refractivity contribution in [1.82, 2.24) is 20.3 Å². The van der Waals surface area contributed by atoms with Gasteiger partial charge in [0, 0.05) is 30.5 Å². The fourth-order valence-electron chi connectivity index (χ4n) is 4.50. The molecule has 0 spiro atoms. The van der Waals surface area contributed by atoms with Crippen molar-refractivity contribution < 1.29 is 5.11 Å². The van der Waals surface area contributed by atoms with E-state index in [1.807, 2.05) is 42.6 Å². The third kappa shape index (κ3) is 5.75. The Labute approximate surface area is 205 Å². The van der Waals surface area contributed by atoms with Gasteiger partial charge < -0.3 is 20.6 Å². The van der Waals surface area contributed by atoms with Crippen LogP contribution in [0.4, 0.5) is 11.8 Å². The third-order valence-electron chi connectivity index (χ3n) is 6.30. The summed E-state index contributed by atoms with van der Waals surface area (Å²) < 4.78 is 0. The Balaban J connectivity index is 1.55. The molecule has 0 amide bonds. The standard InChI is InChI=1S/C28H30N6O/c35-25-11-6-9-22(17-25)26-19-32-28(31-18-23-10-4-5-14-30-23)33-27(26)34(24-12-15-29-16-13-24)20-21-7-2-1-3-8-21/h1-11,14,17,19,24,29,35H,12-13,15-16,18,20H2,(H,31,32,33). The Hall–Kier alpha value is -3.97. The number of phenolic OH excluding ortho intramolecular Hbond substituents is 1. The smallest absolute Gasteiger partial charge is 0.224 e. The highest BCUT2D eigenvalue weighted by atomic mass is 16.3. The van der Waals surface area contributed by atoms with Crippen LogP contribution in [-0.4, -0.2) is 39.2 Å². The van der Waals surface area contributed by atoms with E-state index in [0.717, 1.165) is 55.1 Å². The molecule has 0 atom stereocenters. The van der Waals surface area contributed by atoms with Crippen LogP contribution in [0.2, 0.25) is 0 Å². The lowest BCUT2D eigenvalue weighted by Gasteiger charge is -2.37. The van der Waals surface area contributed by atoms with Gasteiger partial charge in [-0.05, 0) is 61.3 Å². The Morgan fingerprint density at radius 3 is 2.54 bits per heavy atom. The highest BCUT2D eigenvalue weighted by Gasteiger charge is 2.26. The van der Waals surface area contributed by atoms with Gasteiger partial charge in [0.2, 0.25) is 5.95 Å². The first-order valence-electron chi connectivity index (χ1n) is 12.1. The van der Waals surface area contributed by atoms with E-state index >= 15 is 0 Å². The van der Waals surface area contributed by atoms with E-state index in [4.69, 9.17) is 4.98 Å². The molecule has 4 aromatic rings. The van der Waals surface area contributed by atoms with Gasteiger partial charge in [-0.15, -0.1) is 0 Å². The molecular weight excluding hydrogens is 436 g/mol. The summed E-state index contributed by atoms with van der Waals surface area (Å²) in [6.07, 6.45) is 5.71. The molecule has 2 aromatic heterocycles. The van der Waals surface area contributed by atoms with Crippen molar-refractivity contribution in [2.45, 2.75) is 32.0 Å². The van der Waals surface area contributed by atoms with Gasteiger partial charge in [0.1, 0.15) is 11.6 Å². The molecule has 0 radical (unpaired) electrons. The van der Waals surface area contributed by atoms with E-state index in [2.05, 4.69) is 49.8 Å². The number of aromatic hydroxyl groups is 1. The maximum absolute atomic E-state index is 10.2. The molecule has 3 heterocycles. The van der Waals surface area contributed by atoms with Crippen LogP contribution in [0.5, 0.6) is 5.75 Å². The fourth-order valence-corrected chi connectivity index (χ4v) is 4.50. The molecule has 7 nitrogen and oxygen atoms in total. The molecule has 7 heteroatoms. The lowest BCUT2D eigenvalue weighted by molar-refractivity contribution is 0.426. The normalized spacial score (nSPS) is 13.9. The van der Waals surface area contributed by atoms with Crippen LogP contribution in [0.15, 0.2) is 85.2 Å². The largest absolute Gasteiger partial charge is 0.508 e. The van der Waals surface area contributed by atoms with Gasteiger partial charge in [0.05, 0.1) is 12.2 Å². The van der Waals surface area contributed by atoms with Crippen LogP contribution in [0.25, 0.3) is 11.1 Å². The molecule has 0 aliphatic carbocycles. The summed E-state index contributed by atoms with van der Waals surface area (Å²) >= 11 is 0. The molecule has 1 fully saturated rings. The van der Waals surface area contributed by atoms with Gasteiger partial charge in [-0.3, -0.25) is 4.98 Å². The number of pyridine rings is 1. The lowest BCUT2D eigenvalue weighted by atomic mass is 10.0. The van der Waals surface area contributed by atoms with E-state index in [1.165, 1.54) is 5.56 Å². The quantitative estimate of drug-likeness (QED) is 0.349. The molecule has 0 bridgehead atoms. The van der Waals surface area contributed by atoms with Gasteiger partial charge in [-0.25, -0.2) is 4.98 Å². The molecular formula is C28H30N6O. The second-order valence-electron chi connectivity index (χ2n) is 8.75. The van der Waals surface area contributed by atoms with Crippen molar-refractivity contribution in [3.63, 3.8) is 0 Å². The highest BCUT2D eigenvalue weighted by molar-refractivity contribution is 5.77. The van der Waals surface area contributed by atoms with Crippen LogP contribution in [0.1, 0.15) is 24.1 Å². The number of hydrogen-bond acceptors (Lipinski definition) is 7.